The third-order valence-electron chi connectivity index (χ3n) is 5.54. The van der Waals surface area contributed by atoms with Crippen LogP contribution < -0.4 is 10.5 Å². The van der Waals surface area contributed by atoms with Crippen LogP contribution in [0.2, 0.25) is 0 Å². The fourth-order valence-electron chi connectivity index (χ4n) is 4.32. The van der Waals surface area contributed by atoms with Crippen LogP contribution in [-0.2, 0) is 25.8 Å². The molecular weight excluding hydrogens is 330 g/mol. The Bertz CT molecular complexity index is 1020. The van der Waals surface area contributed by atoms with Crippen molar-refractivity contribution in [3.05, 3.63) is 56.4 Å². The van der Waals surface area contributed by atoms with Gasteiger partial charge in [0.2, 0.25) is 0 Å². The van der Waals surface area contributed by atoms with Gasteiger partial charge in [-0.1, -0.05) is 18.2 Å². The van der Waals surface area contributed by atoms with E-state index >= 15 is 0 Å². The summed E-state index contributed by atoms with van der Waals surface area (Å²) in [6.07, 6.45) is 5.59. The predicted octanol–water partition coefficient (Wildman–Crippen LogP) is 3.81. The third kappa shape index (κ3) is 2.41. The SMILES string of the molecule is C[C@H]1Cc2ccccc2N1Cc1nc2sc3c(c2c(=O)[nH]1)CCCC3. The third-order valence-corrected chi connectivity index (χ3v) is 6.73. The number of thiophene rings is 1. The Morgan fingerprint density at radius 1 is 1.28 bits per heavy atom. The number of rotatable bonds is 2. The quantitative estimate of drug-likeness (QED) is 0.764. The maximum absolute atomic E-state index is 12.7. The number of aromatic nitrogens is 2. The first-order valence-electron chi connectivity index (χ1n) is 9.08. The predicted molar refractivity (Wildman–Crippen MR) is 103 cm³/mol. The first-order chi connectivity index (χ1) is 12.2. The lowest BCUT2D eigenvalue weighted by Gasteiger charge is -2.24. The Hall–Kier alpha value is -2.14. The van der Waals surface area contributed by atoms with E-state index < -0.39 is 0 Å². The van der Waals surface area contributed by atoms with E-state index in [1.54, 1.807) is 11.3 Å². The number of hydrogen-bond donors (Lipinski definition) is 1. The van der Waals surface area contributed by atoms with Crippen LogP contribution in [0.4, 0.5) is 5.69 Å². The highest BCUT2D eigenvalue weighted by atomic mass is 32.1. The number of aromatic amines is 1. The lowest BCUT2D eigenvalue weighted by molar-refractivity contribution is 0.655. The summed E-state index contributed by atoms with van der Waals surface area (Å²) in [4.78, 5) is 25.3. The normalized spacial score (nSPS) is 19.2. The minimum Gasteiger partial charge on any atom is -0.361 e. The molecule has 2 aliphatic rings. The lowest BCUT2D eigenvalue weighted by atomic mass is 9.97. The van der Waals surface area contributed by atoms with Crippen LogP contribution in [0.1, 0.15) is 41.6 Å². The van der Waals surface area contributed by atoms with Crippen LogP contribution in [-0.4, -0.2) is 16.0 Å². The van der Waals surface area contributed by atoms with Crippen molar-refractivity contribution in [1.82, 2.24) is 9.97 Å². The summed E-state index contributed by atoms with van der Waals surface area (Å²) in [5.74, 6) is 0.777. The van der Waals surface area contributed by atoms with Gasteiger partial charge in [-0.15, -0.1) is 11.3 Å². The van der Waals surface area contributed by atoms with E-state index in [4.69, 9.17) is 4.98 Å². The molecule has 3 aromatic rings. The number of anilines is 1. The summed E-state index contributed by atoms with van der Waals surface area (Å²) in [5.41, 5.74) is 3.94. The number of nitrogens with zero attached hydrogens (tertiary/aromatic N) is 2. The summed E-state index contributed by atoms with van der Waals surface area (Å²) >= 11 is 1.72. The van der Waals surface area contributed by atoms with Crippen molar-refractivity contribution in [3.63, 3.8) is 0 Å². The van der Waals surface area contributed by atoms with Crippen molar-refractivity contribution in [3.8, 4) is 0 Å². The number of H-pyrrole nitrogens is 1. The second kappa shape index (κ2) is 5.70. The number of aryl methyl sites for hydroxylation is 2. The number of benzene rings is 1. The van der Waals surface area contributed by atoms with E-state index in [0.717, 1.165) is 35.3 Å². The van der Waals surface area contributed by atoms with Crippen LogP contribution in [0.25, 0.3) is 10.2 Å². The van der Waals surface area contributed by atoms with Gasteiger partial charge in [0.25, 0.3) is 5.56 Å². The first-order valence-corrected chi connectivity index (χ1v) is 9.90. The fraction of sp³-hybridized carbons (Fsp3) is 0.400. The van der Waals surface area contributed by atoms with Crippen LogP contribution >= 0.6 is 11.3 Å². The molecule has 0 amide bonds. The molecule has 5 heteroatoms. The Morgan fingerprint density at radius 2 is 2.12 bits per heavy atom. The molecule has 0 saturated carbocycles. The molecule has 1 aromatic carbocycles. The van der Waals surface area contributed by atoms with Crippen molar-refractivity contribution in [2.24, 2.45) is 0 Å². The standard InChI is InChI=1S/C20H21N3OS/c1-12-10-13-6-2-4-8-15(13)23(12)11-17-21-19(24)18-14-7-3-5-9-16(14)25-20(18)22-17/h2,4,6,8,12H,3,5,7,9-11H2,1H3,(H,21,22,24)/t12-/m0/s1. The van der Waals surface area contributed by atoms with Gasteiger partial charge in [-0.2, -0.15) is 0 Å². The van der Waals surface area contributed by atoms with E-state index in [9.17, 15) is 4.79 Å². The monoisotopic (exact) mass is 351 g/mol. The van der Waals surface area contributed by atoms with Gasteiger partial charge >= 0.3 is 0 Å². The minimum atomic E-state index is 0.0412. The number of para-hydroxylation sites is 1. The molecule has 0 bridgehead atoms. The Balaban J connectivity index is 1.55. The molecule has 0 spiro atoms. The van der Waals surface area contributed by atoms with E-state index in [-0.39, 0.29) is 5.56 Å². The summed E-state index contributed by atoms with van der Waals surface area (Å²) in [5, 5.41) is 0.846. The minimum absolute atomic E-state index is 0.0412. The molecule has 4 nitrogen and oxygen atoms in total. The summed E-state index contributed by atoms with van der Waals surface area (Å²) in [6.45, 7) is 2.90. The zero-order chi connectivity index (χ0) is 17.0. The zero-order valence-electron chi connectivity index (χ0n) is 14.3. The summed E-state index contributed by atoms with van der Waals surface area (Å²) in [7, 11) is 0. The number of fused-ring (bicyclic) bond motifs is 4. The Labute approximate surface area is 150 Å². The van der Waals surface area contributed by atoms with Crippen molar-refractivity contribution in [2.75, 3.05) is 4.90 Å². The summed E-state index contributed by atoms with van der Waals surface area (Å²) < 4.78 is 0. The molecule has 1 aliphatic heterocycles. The average molecular weight is 351 g/mol. The van der Waals surface area contributed by atoms with Gasteiger partial charge in [0.05, 0.1) is 11.9 Å². The average Bonchev–Trinajstić information content (AvgIpc) is 3.13. The number of nitrogens with one attached hydrogen (secondary N) is 1. The first kappa shape index (κ1) is 15.1. The van der Waals surface area contributed by atoms with Crippen LogP contribution in [0.15, 0.2) is 29.1 Å². The zero-order valence-corrected chi connectivity index (χ0v) is 15.2. The molecule has 128 valence electrons. The molecular formula is C20H21N3OS. The topological polar surface area (TPSA) is 49.0 Å². The molecule has 0 unspecified atom stereocenters. The van der Waals surface area contributed by atoms with Crippen LogP contribution in [0, 0.1) is 0 Å². The van der Waals surface area contributed by atoms with E-state index in [0.29, 0.717) is 12.6 Å². The smallest absolute Gasteiger partial charge is 0.259 e. The van der Waals surface area contributed by atoms with E-state index in [2.05, 4.69) is 41.1 Å². The van der Waals surface area contributed by atoms with Gasteiger partial charge < -0.3 is 9.88 Å². The molecule has 1 N–H and O–H groups in total. The summed E-state index contributed by atoms with van der Waals surface area (Å²) in [6, 6.07) is 8.96. The van der Waals surface area contributed by atoms with Crippen molar-refractivity contribution < 1.29 is 0 Å². The Morgan fingerprint density at radius 3 is 3.04 bits per heavy atom. The van der Waals surface area contributed by atoms with Crippen LogP contribution in [0.3, 0.4) is 0 Å². The second-order valence-electron chi connectivity index (χ2n) is 7.21. The van der Waals surface area contributed by atoms with Gasteiger partial charge in [0.15, 0.2) is 0 Å². The molecule has 5 rings (SSSR count). The molecule has 1 aliphatic carbocycles. The molecule has 25 heavy (non-hydrogen) atoms. The molecule has 0 saturated heterocycles. The molecule has 3 heterocycles. The second-order valence-corrected chi connectivity index (χ2v) is 8.30. The largest absolute Gasteiger partial charge is 0.361 e. The van der Waals surface area contributed by atoms with Crippen molar-refractivity contribution in [1.29, 1.82) is 0 Å². The maximum Gasteiger partial charge on any atom is 0.259 e. The highest BCUT2D eigenvalue weighted by Crippen LogP contribution is 2.35. The van der Waals surface area contributed by atoms with Crippen molar-refractivity contribution in [2.45, 2.75) is 51.6 Å². The van der Waals surface area contributed by atoms with Gasteiger partial charge in [0, 0.05) is 16.6 Å². The fourth-order valence-corrected chi connectivity index (χ4v) is 5.60. The Kier molecular flexibility index (Phi) is 3.45. The maximum atomic E-state index is 12.7. The lowest BCUT2D eigenvalue weighted by Crippen LogP contribution is -2.30. The molecule has 0 fully saturated rings. The van der Waals surface area contributed by atoms with E-state index in [1.165, 1.54) is 34.5 Å². The van der Waals surface area contributed by atoms with Gasteiger partial charge in [-0.3, -0.25) is 4.79 Å². The van der Waals surface area contributed by atoms with Gasteiger partial charge in [0.1, 0.15) is 10.7 Å². The highest BCUT2D eigenvalue weighted by Gasteiger charge is 2.27. The van der Waals surface area contributed by atoms with Gasteiger partial charge in [-0.05, 0) is 56.2 Å². The number of hydrogen-bond acceptors (Lipinski definition) is 4. The van der Waals surface area contributed by atoms with E-state index in [1.807, 2.05) is 0 Å². The molecule has 1 atom stereocenters. The molecule has 0 radical (unpaired) electrons. The molecule has 2 aromatic heterocycles. The van der Waals surface area contributed by atoms with Gasteiger partial charge in [-0.25, -0.2) is 4.98 Å². The van der Waals surface area contributed by atoms with Crippen molar-refractivity contribution >= 4 is 27.2 Å². The van der Waals surface area contributed by atoms with Crippen LogP contribution in [0.5, 0.6) is 0 Å². The highest BCUT2D eigenvalue weighted by molar-refractivity contribution is 7.18.